The van der Waals surface area contributed by atoms with Gasteiger partial charge in [0.2, 0.25) is 0 Å². The molecule has 0 radical (unpaired) electrons. The second-order valence-corrected chi connectivity index (χ2v) is 16.3. The standard InChI is InChI=1S/C58H38F3N5/c1-37-26-28-38(29-27-37)43-30-31-46-45-24-14-15-25-53(45)66(54(46)32-43)55-47(51-35-49(39-16-6-2-7-17-39)62-56(64-51)41-20-10-4-11-21-41)33-44(58(59,60)61)34-48(55)52-36-50(40-18-8-3-9-19-40)63-57(65-52)42-22-12-5-13-23-42/h2-36H,1H3. The molecule has 0 amide bonds. The molecule has 0 saturated carbocycles. The molecule has 3 aromatic heterocycles. The highest BCUT2D eigenvalue weighted by Crippen LogP contribution is 2.46. The Bertz CT molecular complexity index is 3290. The predicted molar refractivity (Wildman–Crippen MR) is 260 cm³/mol. The Balaban J connectivity index is 1.31. The molecule has 66 heavy (non-hydrogen) atoms. The van der Waals surface area contributed by atoms with Crippen LogP contribution < -0.4 is 0 Å². The van der Waals surface area contributed by atoms with Gasteiger partial charge in [0.1, 0.15) is 0 Å². The van der Waals surface area contributed by atoms with Crippen molar-refractivity contribution in [1.29, 1.82) is 0 Å². The van der Waals surface area contributed by atoms with Crippen molar-refractivity contribution in [3.05, 3.63) is 223 Å². The van der Waals surface area contributed by atoms with Crippen LogP contribution >= 0.6 is 0 Å². The van der Waals surface area contributed by atoms with E-state index in [0.717, 1.165) is 60.8 Å². The number of hydrogen-bond acceptors (Lipinski definition) is 4. The van der Waals surface area contributed by atoms with E-state index in [1.807, 2.05) is 140 Å². The lowest BCUT2D eigenvalue weighted by Crippen LogP contribution is -2.10. The van der Waals surface area contributed by atoms with E-state index in [4.69, 9.17) is 19.9 Å². The zero-order chi connectivity index (χ0) is 44.8. The number of alkyl halides is 3. The van der Waals surface area contributed by atoms with Crippen molar-refractivity contribution in [1.82, 2.24) is 24.5 Å². The van der Waals surface area contributed by atoms with Crippen LogP contribution in [0, 0.1) is 6.92 Å². The molecule has 0 bridgehead atoms. The summed E-state index contributed by atoms with van der Waals surface area (Å²) in [6.07, 6.45) is -4.75. The normalized spacial score (nSPS) is 11.6. The largest absolute Gasteiger partial charge is 0.416 e. The van der Waals surface area contributed by atoms with Gasteiger partial charge in [-0.25, -0.2) is 19.9 Å². The van der Waals surface area contributed by atoms with Crippen LogP contribution in [0.25, 0.3) is 106 Å². The Labute approximate surface area is 379 Å². The fraction of sp³-hybridized carbons (Fsp3) is 0.0345. The summed E-state index contributed by atoms with van der Waals surface area (Å²) in [7, 11) is 0. The minimum absolute atomic E-state index is 0.251. The molecule has 0 saturated heterocycles. The van der Waals surface area contributed by atoms with Gasteiger partial charge in [-0.2, -0.15) is 13.2 Å². The molecule has 0 aliphatic carbocycles. The third kappa shape index (κ3) is 7.58. The van der Waals surface area contributed by atoms with Crippen molar-refractivity contribution in [2.75, 3.05) is 0 Å². The van der Waals surface area contributed by atoms with E-state index >= 15 is 13.2 Å². The lowest BCUT2D eigenvalue weighted by atomic mass is 9.95. The first kappa shape index (κ1) is 40.3. The van der Waals surface area contributed by atoms with E-state index in [9.17, 15) is 0 Å². The first-order chi connectivity index (χ1) is 32.2. The maximum absolute atomic E-state index is 15.7. The van der Waals surface area contributed by atoms with Crippen molar-refractivity contribution < 1.29 is 13.2 Å². The predicted octanol–water partition coefficient (Wildman–Crippen LogP) is 15.4. The van der Waals surface area contributed by atoms with Crippen molar-refractivity contribution in [2.24, 2.45) is 0 Å². The van der Waals surface area contributed by atoms with Gasteiger partial charge < -0.3 is 4.57 Å². The Morgan fingerprint density at radius 1 is 0.364 bits per heavy atom. The van der Waals surface area contributed by atoms with Crippen LogP contribution in [-0.4, -0.2) is 24.5 Å². The number of rotatable bonds is 8. The Hall–Kier alpha value is -8.49. The smallest absolute Gasteiger partial charge is 0.308 e. The molecule has 11 aromatic rings. The van der Waals surface area contributed by atoms with Gasteiger partial charge in [-0.05, 0) is 54.4 Å². The molecule has 0 N–H and O–H groups in total. The average molecular weight is 862 g/mol. The summed E-state index contributed by atoms with van der Waals surface area (Å²) >= 11 is 0. The number of hydrogen-bond donors (Lipinski definition) is 0. The topological polar surface area (TPSA) is 56.5 Å². The Kier molecular flexibility index (Phi) is 10.1. The minimum Gasteiger partial charge on any atom is -0.308 e. The van der Waals surface area contributed by atoms with Gasteiger partial charge in [0, 0.05) is 44.2 Å². The highest BCUT2D eigenvalue weighted by Gasteiger charge is 2.34. The van der Waals surface area contributed by atoms with Crippen LogP contribution in [0.5, 0.6) is 0 Å². The van der Waals surface area contributed by atoms with E-state index in [1.54, 1.807) is 12.1 Å². The van der Waals surface area contributed by atoms with Crippen LogP contribution in [0.2, 0.25) is 0 Å². The molecular formula is C58H38F3N5. The zero-order valence-corrected chi connectivity index (χ0v) is 35.6. The monoisotopic (exact) mass is 861 g/mol. The molecule has 0 atom stereocenters. The van der Waals surface area contributed by atoms with Gasteiger partial charge in [0.15, 0.2) is 11.6 Å². The molecule has 8 heteroatoms. The molecule has 0 unspecified atom stereocenters. The first-order valence-electron chi connectivity index (χ1n) is 21.6. The quantitative estimate of drug-likeness (QED) is 0.153. The molecule has 0 fully saturated rings. The maximum Gasteiger partial charge on any atom is 0.416 e. The summed E-state index contributed by atoms with van der Waals surface area (Å²) in [4.78, 5) is 20.4. The van der Waals surface area contributed by atoms with E-state index in [1.165, 1.54) is 12.1 Å². The summed E-state index contributed by atoms with van der Waals surface area (Å²) < 4.78 is 49.3. The zero-order valence-electron chi connectivity index (χ0n) is 35.6. The maximum atomic E-state index is 15.7. The van der Waals surface area contributed by atoms with Crippen molar-refractivity contribution in [2.45, 2.75) is 13.1 Å². The van der Waals surface area contributed by atoms with Crippen LogP contribution in [-0.2, 0) is 6.18 Å². The van der Waals surface area contributed by atoms with Crippen molar-refractivity contribution >= 4 is 21.8 Å². The van der Waals surface area contributed by atoms with E-state index in [0.29, 0.717) is 40.1 Å². The SMILES string of the molecule is Cc1ccc(-c2ccc3c4ccccc4n(-c4c(-c5cc(-c6ccccc6)nc(-c6ccccc6)n5)cc(C(F)(F)F)cc4-c4cc(-c5ccccc5)nc(-c5ccccc5)n4)c3c2)cc1. The molecule has 0 aliphatic heterocycles. The second kappa shape index (κ2) is 16.6. The summed E-state index contributed by atoms with van der Waals surface area (Å²) in [6, 6.07) is 67.0. The third-order valence-corrected chi connectivity index (χ3v) is 11.9. The first-order valence-corrected chi connectivity index (χ1v) is 21.6. The number of halogens is 3. The molecular weight excluding hydrogens is 824 g/mol. The number of aromatic nitrogens is 5. The summed E-state index contributed by atoms with van der Waals surface area (Å²) in [5.41, 5.74) is 9.63. The van der Waals surface area contributed by atoms with Gasteiger partial charge >= 0.3 is 6.18 Å². The molecule has 0 spiro atoms. The fourth-order valence-corrected chi connectivity index (χ4v) is 8.68. The van der Waals surface area contributed by atoms with Crippen LogP contribution in [0.1, 0.15) is 11.1 Å². The average Bonchev–Trinajstić information content (AvgIpc) is 3.70. The Morgan fingerprint density at radius 3 is 1.29 bits per heavy atom. The lowest BCUT2D eigenvalue weighted by Gasteiger charge is -2.22. The second-order valence-electron chi connectivity index (χ2n) is 16.3. The number of aryl methyl sites for hydroxylation is 1. The highest BCUT2D eigenvalue weighted by atomic mass is 19.4. The third-order valence-electron chi connectivity index (χ3n) is 11.9. The molecule has 0 aliphatic rings. The number of para-hydroxylation sites is 1. The minimum atomic E-state index is -4.75. The summed E-state index contributed by atoms with van der Waals surface area (Å²) in [6.45, 7) is 2.05. The van der Waals surface area contributed by atoms with E-state index in [2.05, 4.69) is 60.0 Å². The summed E-state index contributed by atoms with van der Waals surface area (Å²) in [5.74, 6) is 0.751. The number of fused-ring (bicyclic) bond motifs is 3. The number of benzene rings is 8. The fourth-order valence-electron chi connectivity index (χ4n) is 8.68. The van der Waals surface area contributed by atoms with Gasteiger partial charge in [-0.3, -0.25) is 0 Å². The lowest BCUT2D eigenvalue weighted by molar-refractivity contribution is -0.137. The molecule has 5 nitrogen and oxygen atoms in total. The van der Waals surface area contributed by atoms with Gasteiger partial charge in [-0.1, -0.05) is 181 Å². The van der Waals surface area contributed by atoms with E-state index < -0.39 is 11.7 Å². The van der Waals surface area contributed by atoms with Crippen molar-refractivity contribution in [3.8, 4) is 84.6 Å². The highest BCUT2D eigenvalue weighted by molar-refractivity contribution is 6.11. The van der Waals surface area contributed by atoms with Gasteiger partial charge in [0.05, 0.1) is 45.1 Å². The van der Waals surface area contributed by atoms with Crippen LogP contribution in [0.3, 0.4) is 0 Å². The molecule has 3 heterocycles. The summed E-state index contributed by atoms with van der Waals surface area (Å²) in [5, 5.41) is 1.88. The number of nitrogens with zero attached hydrogens (tertiary/aromatic N) is 5. The van der Waals surface area contributed by atoms with Gasteiger partial charge in [-0.15, -0.1) is 0 Å². The Morgan fingerprint density at radius 2 is 0.788 bits per heavy atom. The van der Waals surface area contributed by atoms with E-state index in [-0.39, 0.29) is 11.1 Å². The van der Waals surface area contributed by atoms with Crippen molar-refractivity contribution in [3.63, 3.8) is 0 Å². The molecule has 316 valence electrons. The van der Waals surface area contributed by atoms with Crippen LogP contribution in [0.15, 0.2) is 212 Å². The van der Waals surface area contributed by atoms with Crippen LogP contribution in [0.4, 0.5) is 13.2 Å². The molecule has 8 aromatic carbocycles. The molecule has 11 rings (SSSR count). The van der Waals surface area contributed by atoms with Gasteiger partial charge in [0.25, 0.3) is 0 Å².